The Kier molecular flexibility index (Phi) is 4.41. The number of nitrogens with one attached hydrogen (secondary N) is 1. The summed E-state index contributed by atoms with van der Waals surface area (Å²) in [6, 6.07) is 6.72. The van der Waals surface area contributed by atoms with Crippen LogP contribution in [0.5, 0.6) is 5.75 Å². The number of piperazine rings is 1. The Labute approximate surface area is 117 Å². The Morgan fingerprint density at radius 1 is 1.20 bits per heavy atom. The van der Waals surface area contributed by atoms with Gasteiger partial charge in [0.25, 0.3) is 5.91 Å². The van der Waals surface area contributed by atoms with E-state index in [1.165, 1.54) is 0 Å². The second-order valence-corrected chi connectivity index (χ2v) is 4.46. The van der Waals surface area contributed by atoms with Gasteiger partial charge in [-0.15, -0.1) is 0 Å². The van der Waals surface area contributed by atoms with Crippen molar-refractivity contribution in [2.24, 2.45) is 5.84 Å². The minimum Gasteiger partial charge on any atom is -0.497 e. The number of hydrazine groups is 1. The number of ether oxygens (including phenoxy) is 1. The Morgan fingerprint density at radius 2 is 1.85 bits per heavy atom. The zero-order valence-electron chi connectivity index (χ0n) is 11.3. The molecule has 3 N–H and O–H groups in total. The smallest absolute Gasteiger partial charge is 0.331 e. The standard InChI is InChI=1S/C13H18N4O3/c1-20-11-4-2-3-10(9-11)12(18)16-5-7-17(8-6-16)13(19)15-14/h2-4,9H,5-8,14H2,1H3,(H,15,19). The van der Waals surface area contributed by atoms with E-state index in [-0.39, 0.29) is 11.9 Å². The maximum absolute atomic E-state index is 12.3. The largest absolute Gasteiger partial charge is 0.497 e. The molecule has 0 saturated carbocycles. The summed E-state index contributed by atoms with van der Waals surface area (Å²) in [4.78, 5) is 27.0. The fraction of sp³-hybridized carbons (Fsp3) is 0.385. The molecule has 1 saturated heterocycles. The molecule has 0 aliphatic carbocycles. The van der Waals surface area contributed by atoms with Gasteiger partial charge in [-0.25, -0.2) is 10.6 Å². The number of methoxy groups -OCH3 is 1. The van der Waals surface area contributed by atoms with Gasteiger partial charge in [0.05, 0.1) is 7.11 Å². The molecule has 7 nitrogen and oxygen atoms in total. The second-order valence-electron chi connectivity index (χ2n) is 4.46. The van der Waals surface area contributed by atoms with Crippen LogP contribution in [-0.2, 0) is 0 Å². The average molecular weight is 278 g/mol. The van der Waals surface area contributed by atoms with E-state index in [0.717, 1.165) is 0 Å². The molecule has 3 amide bonds. The first-order chi connectivity index (χ1) is 9.65. The molecule has 0 atom stereocenters. The number of urea groups is 1. The van der Waals surface area contributed by atoms with Crippen LogP contribution in [0.4, 0.5) is 4.79 Å². The molecule has 1 aromatic rings. The average Bonchev–Trinajstić information content (AvgIpc) is 2.53. The summed E-state index contributed by atoms with van der Waals surface area (Å²) in [5.74, 6) is 5.68. The Hall–Kier alpha value is -2.28. The Balaban J connectivity index is 1.99. The molecule has 7 heteroatoms. The lowest BCUT2D eigenvalue weighted by Crippen LogP contribution is -2.54. The van der Waals surface area contributed by atoms with Crippen molar-refractivity contribution in [3.05, 3.63) is 29.8 Å². The highest BCUT2D eigenvalue weighted by Crippen LogP contribution is 2.15. The SMILES string of the molecule is COc1cccc(C(=O)N2CCN(C(=O)NN)CC2)c1. The maximum atomic E-state index is 12.3. The van der Waals surface area contributed by atoms with Gasteiger partial charge in [0.15, 0.2) is 0 Å². The number of nitrogens with zero attached hydrogens (tertiary/aromatic N) is 2. The molecule has 1 aliphatic heterocycles. The minimum atomic E-state index is -0.321. The van der Waals surface area contributed by atoms with Crippen LogP contribution in [0.25, 0.3) is 0 Å². The first-order valence-corrected chi connectivity index (χ1v) is 6.34. The van der Waals surface area contributed by atoms with E-state index in [2.05, 4.69) is 5.43 Å². The van der Waals surface area contributed by atoms with Gasteiger partial charge in [-0.05, 0) is 18.2 Å². The molecule has 0 aromatic heterocycles. The summed E-state index contributed by atoms with van der Waals surface area (Å²) in [7, 11) is 1.56. The molecular formula is C13H18N4O3. The number of amides is 3. The Bertz CT molecular complexity index is 498. The number of hydrogen-bond acceptors (Lipinski definition) is 4. The quantitative estimate of drug-likeness (QED) is 0.454. The minimum absolute atomic E-state index is 0.0586. The second kappa shape index (κ2) is 6.25. The van der Waals surface area contributed by atoms with Gasteiger partial charge >= 0.3 is 6.03 Å². The van der Waals surface area contributed by atoms with Gasteiger partial charge in [-0.1, -0.05) is 6.07 Å². The third-order valence-electron chi connectivity index (χ3n) is 3.29. The van der Waals surface area contributed by atoms with Crippen molar-refractivity contribution in [1.82, 2.24) is 15.2 Å². The van der Waals surface area contributed by atoms with Crippen molar-refractivity contribution in [1.29, 1.82) is 0 Å². The van der Waals surface area contributed by atoms with Crippen molar-refractivity contribution >= 4 is 11.9 Å². The highest BCUT2D eigenvalue weighted by Gasteiger charge is 2.24. The van der Waals surface area contributed by atoms with Crippen LogP contribution in [0.3, 0.4) is 0 Å². The lowest BCUT2D eigenvalue weighted by molar-refractivity contribution is 0.0665. The van der Waals surface area contributed by atoms with E-state index in [4.69, 9.17) is 10.6 Å². The van der Waals surface area contributed by atoms with E-state index >= 15 is 0 Å². The Morgan fingerprint density at radius 3 is 2.45 bits per heavy atom. The first-order valence-electron chi connectivity index (χ1n) is 6.34. The lowest BCUT2D eigenvalue weighted by atomic mass is 10.1. The van der Waals surface area contributed by atoms with Crippen LogP contribution in [0.15, 0.2) is 24.3 Å². The van der Waals surface area contributed by atoms with Gasteiger partial charge in [0, 0.05) is 31.7 Å². The molecule has 20 heavy (non-hydrogen) atoms. The van der Waals surface area contributed by atoms with Crippen molar-refractivity contribution in [3.8, 4) is 5.75 Å². The summed E-state index contributed by atoms with van der Waals surface area (Å²) in [6.07, 6.45) is 0. The molecular weight excluding hydrogens is 260 g/mol. The number of carbonyl (C=O) groups excluding carboxylic acids is 2. The third-order valence-corrected chi connectivity index (χ3v) is 3.29. The molecule has 1 heterocycles. The van der Waals surface area contributed by atoms with Crippen molar-refractivity contribution in [2.75, 3.05) is 33.3 Å². The topological polar surface area (TPSA) is 87.9 Å². The molecule has 0 spiro atoms. The molecule has 0 bridgehead atoms. The molecule has 108 valence electrons. The molecule has 0 unspecified atom stereocenters. The van der Waals surface area contributed by atoms with Crippen molar-refractivity contribution in [3.63, 3.8) is 0 Å². The van der Waals surface area contributed by atoms with Gasteiger partial charge in [0.1, 0.15) is 5.75 Å². The summed E-state index contributed by atoms with van der Waals surface area (Å²) in [5, 5.41) is 0. The van der Waals surface area contributed by atoms with E-state index in [1.807, 2.05) is 0 Å². The monoisotopic (exact) mass is 278 g/mol. The van der Waals surface area contributed by atoms with Crippen LogP contribution in [0.1, 0.15) is 10.4 Å². The van der Waals surface area contributed by atoms with Gasteiger partial charge < -0.3 is 14.5 Å². The fourth-order valence-corrected chi connectivity index (χ4v) is 2.14. The summed E-state index contributed by atoms with van der Waals surface area (Å²) < 4.78 is 5.11. The van der Waals surface area contributed by atoms with Crippen LogP contribution in [-0.4, -0.2) is 55.0 Å². The normalized spacial score (nSPS) is 14.9. The maximum Gasteiger partial charge on any atom is 0.331 e. The number of carbonyl (C=O) groups is 2. The van der Waals surface area contributed by atoms with E-state index in [9.17, 15) is 9.59 Å². The van der Waals surface area contributed by atoms with Gasteiger partial charge in [0.2, 0.25) is 0 Å². The first kappa shape index (κ1) is 14.1. The van der Waals surface area contributed by atoms with Crippen LogP contribution < -0.4 is 16.0 Å². The van der Waals surface area contributed by atoms with Crippen molar-refractivity contribution < 1.29 is 14.3 Å². The number of nitrogens with two attached hydrogens (primary N) is 1. The van der Waals surface area contributed by atoms with Crippen LogP contribution >= 0.6 is 0 Å². The van der Waals surface area contributed by atoms with Gasteiger partial charge in [-0.3, -0.25) is 10.2 Å². The molecule has 1 fully saturated rings. The number of hydrogen-bond donors (Lipinski definition) is 2. The number of rotatable bonds is 2. The van der Waals surface area contributed by atoms with E-state index < -0.39 is 0 Å². The molecule has 2 rings (SSSR count). The third kappa shape index (κ3) is 3.00. The van der Waals surface area contributed by atoms with E-state index in [0.29, 0.717) is 37.5 Å². The van der Waals surface area contributed by atoms with Gasteiger partial charge in [-0.2, -0.15) is 0 Å². The summed E-state index contributed by atoms with van der Waals surface area (Å²) in [6.45, 7) is 1.92. The predicted octanol–water partition coefficient (Wildman–Crippen LogP) is 0.0363. The highest BCUT2D eigenvalue weighted by molar-refractivity contribution is 5.94. The summed E-state index contributed by atoms with van der Waals surface area (Å²) >= 11 is 0. The zero-order chi connectivity index (χ0) is 14.5. The highest BCUT2D eigenvalue weighted by atomic mass is 16.5. The molecule has 1 aromatic carbocycles. The number of benzene rings is 1. The predicted molar refractivity (Wildman–Crippen MR) is 73.2 cm³/mol. The fourth-order valence-electron chi connectivity index (χ4n) is 2.14. The van der Waals surface area contributed by atoms with Crippen LogP contribution in [0.2, 0.25) is 0 Å². The molecule has 1 aliphatic rings. The zero-order valence-corrected chi connectivity index (χ0v) is 11.3. The summed E-state index contributed by atoms with van der Waals surface area (Å²) in [5.41, 5.74) is 2.68. The van der Waals surface area contributed by atoms with Crippen LogP contribution in [0, 0.1) is 0 Å². The lowest BCUT2D eigenvalue weighted by Gasteiger charge is -2.34. The van der Waals surface area contributed by atoms with Crippen molar-refractivity contribution in [2.45, 2.75) is 0 Å². The molecule has 0 radical (unpaired) electrons. The van der Waals surface area contributed by atoms with E-state index in [1.54, 1.807) is 41.2 Å².